The van der Waals surface area contributed by atoms with Crippen LogP contribution in [-0.4, -0.2) is 22.9 Å². The Labute approximate surface area is 163 Å². The molecule has 5 rings (SSSR count). The molecule has 1 fully saturated rings. The number of hydrogen-bond acceptors (Lipinski definition) is 4. The third-order valence-electron chi connectivity index (χ3n) is 5.61. The quantitative estimate of drug-likeness (QED) is 0.859. The van der Waals surface area contributed by atoms with Gasteiger partial charge < -0.3 is 15.0 Å². The Balaban J connectivity index is 1.56. The van der Waals surface area contributed by atoms with Crippen LogP contribution in [0.5, 0.6) is 5.75 Å². The molecule has 0 spiro atoms. The molecule has 0 amide bonds. The molecule has 0 bridgehead atoms. The number of benzene rings is 1. The van der Waals surface area contributed by atoms with Crippen LogP contribution in [0.1, 0.15) is 42.4 Å². The summed E-state index contributed by atoms with van der Waals surface area (Å²) >= 11 is 0. The molecule has 1 aromatic heterocycles. The van der Waals surface area contributed by atoms with Gasteiger partial charge in [0.25, 0.3) is 5.56 Å². The maximum absolute atomic E-state index is 11.8. The Kier molecular flexibility index (Phi) is 3.97. The summed E-state index contributed by atoms with van der Waals surface area (Å²) in [6.45, 7) is 3.78. The van der Waals surface area contributed by atoms with Crippen molar-refractivity contribution in [2.75, 3.05) is 0 Å². The molecule has 2 heterocycles. The lowest BCUT2D eigenvalue weighted by molar-refractivity contribution is 0.376. The first-order chi connectivity index (χ1) is 13.6. The molecule has 0 saturated heterocycles. The number of amidine groups is 1. The first-order valence-electron chi connectivity index (χ1n) is 9.79. The lowest BCUT2D eigenvalue weighted by Gasteiger charge is -2.25. The van der Waals surface area contributed by atoms with Gasteiger partial charge in [0.05, 0.1) is 11.9 Å². The second-order valence-electron chi connectivity index (χ2n) is 7.81. The Bertz CT molecular complexity index is 1070. The van der Waals surface area contributed by atoms with Crippen LogP contribution in [0.3, 0.4) is 0 Å². The molecule has 2 aromatic rings. The molecule has 2 atom stereocenters. The van der Waals surface area contributed by atoms with Crippen molar-refractivity contribution in [2.24, 2.45) is 4.99 Å². The van der Waals surface area contributed by atoms with Gasteiger partial charge in [0.15, 0.2) is 0 Å². The highest BCUT2D eigenvalue weighted by atomic mass is 16.5. The van der Waals surface area contributed by atoms with E-state index in [0.717, 1.165) is 34.4 Å². The number of aliphatic imine (C=N–C) groups is 1. The van der Waals surface area contributed by atoms with Gasteiger partial charge in [-0.3, -0.25) is 9.79 Å². The molecule has 2 N–H and O–H groups in total. The normalized spacial score (nSPS) is 23.3. The van der Waals surface area contributed by atoms with Crippen LogP contribution in [0.2, 0.25) is 0 Å². The number of fused-ring (bicyclic) bond motifs is 1. The minimum atomic E-state index is -0.115. The standard InChI is InChI=1S/C23H23N3O2/c1-13-11-17(12-24-23(13)27)19-9-10-20-21(26-14(2)25-20)22(19)28-18-7-5-16(6-8-18)15-3-4-15/h5-12,15,20-21H,3-4H2,1-2H3,(H,24,27)(H,25,26). The van der Waals surface area contributed by atoms with E-state index in [0.29, 0.717) is 5.56 Å². The van der Waals surface area contributed by atoms with Gasteiger partial charge in [-0.2, -0.15) is 0 Å². The summed E-state index contributed by atoms with van der Waals surface area (Å²) < 4.78 is 6.40. The summed E-state index contributed by atoms with van der Waals surface area (Å²) in [7, 11) is 0. The number of aromatic amines is 1. The van der Waals surface area contributed by atoms with Crippen LogP contribution in [-0.2, 0) is 0 Å². The number of aromatic nitrogens is 1. The van der Waals surface area contributed by atoms with Crippen molar-refractivity contribution in [2.45, 2.75) is 44.7 Å². The van der Waals surface area contributed by atoms with Gasteiger partial charge in [0.1, 0.15) is 17.6 Å². The van der Waals surface area contributed by atoms with E-state index in [9.17, 15) is 4.79 Å². The van der Waals surface area contributed by atoms with Crippen molar-refractivity contribution < 1.29 is 4.74 Å². The van der Waals surface area contributed by atoms with Gasteiger partial charge in [-0.1, -0.05) is 24.3 Å². The monoisotopic (exact) mass is 373 g/mol. The average Bonchev–Trinajstić information content (AvgIpc) is 3.46. The first kappa shape index (κ1) is 17.0. The highest BCUT2D eigenvalue weighted by Gasteiger charge is 2.35. The van der Waals surface area contributed by atoms with Crippen molar-refractivity contribution in [3.8, 4) is 5.75 Å². The number of aryl methyl sites for hydroxylation is 1. The third kappa shape index (κ3) is 3.07. The smallest absolute Gasteiger partial charge is 0.250 e. The van der Waals surface area contributed by atoms with Gasteiger partial charge >= 0.3 is 0 Å². The van der Waals surface area contributed by atoms with E-state index in [1.807, 2.05) is 32.0 Å². The van der Waals surface area contributed by atoms with E-state index < -0.39 is 0 Å². The number of allylic oxidation sites excluding steroid dienone is 2. The summed E-state index contributed by atoms with van der Waals surface area (Å²) in [6, 6.07) is 10.3. The highest BCUT2D eigenvalue weighted by Crippen LogP contribution is 2.41. The fourth-order valence-electron chi connectivity index (χ4n) is 3.92. The second-order valence-corrected chi connectivity index (χ2v) is 7.81. The SMILES string of the molecule is CC1=NC2C(Oc3ccc(C4CC4)cc3)=C(c3c[nH]c(=O)c(C)c3)C=CC2N1. The van der Waals surface area contributed by atoms with Crippen molar-refractivity contribution >= 4 is 11.4 Å². The van der Waals surface area contributed by atoms with E-state index in [2.05, 4.69) is 34.6 Å². The molecule has 1 aliphatic heterocycles. The Morgan fingerprint density at radius 2 is 1.93 bits per heavy atom. The number of nitrogens with one attached hydrogen (secondary N) is 2. The molecule has 2 unspecified atom stereocenters. The average molecular weight is 373 g/mol. The Hall–Kier alpha value is -3.08. The summed E-state index contributed by atoms with van der Waals surface area (Å²) in [5.74, 6) is 3.25. The number of nitrogens with zero attached hydrogens (tertiary/aromatic N) is 1. The molecule has 1 aromatic carbocycles. The van der Waals surface area contributed by atoms with Crippen LogP contribution >= 0.6 is 0 Å². The van der Waals surface area contributed by atoms with E-state index in [4.69, 9.17) is 9.73 Å². The summed E-state index contributed by atoms with van der Waals surface area (Å²) in [5.41, 5.74) is 3.87. The molecule has 1 saturated carbocycles. The zero-order valence-electron chi connectivity index (χ0n) is 16.0. The zero-order valence-corrected chi connectivity index (χ0v) is 16.0. The minimum absolute atomic E-state index is 0.0726. The van der Waals surface area contributed by atoms with Crippen molar-refractivity contribution in [3.05, 3.63) is 81.5 Å². The van der Waals surface area contributed by atoms with E-state index in [1.165, 1.54) is 18.4 Å². The van der Waals surface area contributed by atoms with Crippen LogP contribution in [0, 0.1) is 6.92 Å². The number of H-pyrrole nitrogens is 1. The molecule has 2 aliphatic carbocycles. The highest BCUT2D eigenvalue weighted by molar-refractivity contribution is 5.86. The third-order valence-corrected chi connectivity index (χ3v) is 5.61. The fourth-order valence-corrected chi connectivity index (χ4v) is 3.92. The van der Waals surface area contributed by atoms with E-state index in [-0.39, 0.29) is 17.6 Å². The number of ether oxygens (including phenoxy) is 1. The summed E-state index contributed by atoms with van der Waals surface area (Å²) in [6.07, 6.45) is 8.49. The van der Waals surface area contributed by atoms with Crippen LogP contribution in [0.15, 0.2) is 64.2 Å². The lowest BCUT2D eigenvalue weighted by Crippen LogP contribution is -2.36. The first-order valence-corrected chi connectivity index (χ1v) is 9.79. The van der Waals surface area contributed by atoms with Crippen molar-refractivity contribution in [1.82, 2.24) is 10.3 Å². The Morgan fingerprint density at radius 3 is 2.64 bits per heavy atom. The maximum Gasteiger partial charge on any atom is 0.250 e. The lowest BCUT2D eigenvalue weighted by atomic mass is 9.92. The second kappa shape index (κ2) is 6.51. The van der Waals surface area contributed by atoms with E-state index >= 15 is 0 Å². The largest absolute Gasteiger partial charge is 0.459 e. The van der Waals surface area contributed by atoms with Crippen LogP contribution in [0.4, 0.5) is 0 Å². The topological polar surface area (TPSA) is 66.5 Å². The van der Waals surface area contributed by atoms with Gasteiger partial charge in [0, 0.05) is 22.9 Å². The number of rotatable bonds is 4. The molecular weight excluding hydrogens is 350 g/mol. The Morgan fingerprint density at radius 1 is 1.14 bits per heavy atom. The predicted molar refractivity (Wildman–Crippen MR) is 111 cm³/mol. The van der Waals surface area contributed by atoms with Crippen molar-refractivity contribution in [1.29, 1.82) is 0 Å². The van der Waals surface area contributed by atoms with Gasteiger partial charge in [-0.15, -0.1) is 0 Å². The fraction of sp³-hybridized carbons (Fsp3) is 0.304. The summed E-state index contributed by atoms with van der Waals surface area (Å²) in [4.78, 5) is 19.4. The van der Waals surface area contributed by atoms with Crippen LogP contribution < -0.4 is 15.6 Å². The van der Waals surface area contributed by atoms with Gasteiger partial charge in [-0.05, 0) is 56.4 Å². The van der Waals surface area contributed by atoms with Crippen LogP contribution in [0.25, 0.3) is 5.57 Å². The minimum Gasteiger partial charge on any atom is -0.459 e. The molecule has 0 radical (unpaired) electrons. The molecule has 3 aliphatic rings. The molecule has 142 valence electrons. The molecule has 5 nitrogen and oxygen atoms in total. The zero-order chi connectivity index (χ0) is 19.3. The molecule has 5 heteroatoms. The molecular formula is C23H23N3O2. The van der Waals surface area contributed by atoms with Gasteiger partial charge in [0.2, 0.25) is 0 Å². The van der Waals surface area contributed by atoms with Crippen molar-refractivity contribution in [3.63, 3.8) is 0 Å². The number of hydrogen-bond donors (Lipinski definition) is 2. The predicted octanol–water partition coefficient (Wildman–Crippen LogP) is 3.68. The number of pyridine rings is 1. The molecule has 28 heavy (non-hydrogen) atoms. The van der Waals surface area contributed by atoms with E-state index in [1.54, 1.807) is 6.20 Å². The summed E-state index contributed by atoms with van der Waals surface area (Å²) in [5, 5.41) is 3.39. The maximum atomic E-state index is 11.8. The van der Waals surface area contributed by atoms with Gasteiger partial charge in [-0.25, -0.2) is 0 Å².